The van der Waals surface area contributed by atoms with Gasteiger partial charge in [0.15, 0.2) is 9.84 Å². The molecule has 2 aromatic heterocycles. The van der Waals surface area contributed by atoms with E-state index in [0.29, 0.717) is 23.6 Å². The molecule has 0 radical (unpaired) electrons. The van der Waals surface area contributed by atoms with E-state index in [1.54, 1.807) is 55.8 Å². The molecule has 2 fully saturated rings. The molecule has 3 aromatic rings. The number of hydrogen-bond acceptors (Lipinski definition) is 9. The van der Waals surface area contributed by atoms with E-state index in [0.717, 1.165) is 11.8 Å². The molecule has 0 saturated carbocycles. The molecule has 0 aliphatic carbocycles. The Bertz CT molecular complexity index is 1550. The van der Waals surface area contributed by atoms with Crippen LogP contribution in [0.1, 0.15) is 12.0 Å². The molecule has 1 aromatic carbocycles. The lowest BCUT2D eigenvalue weighted by Gasteiger charge is -2.20. The van der Waals surface area contributed by atoms with Crippen molar-refractivity contribution in [3.8, 4) is 17.4 Å². The van der Waals surface area contributed by atoms with Crippen molar-refractivity contribution in [2.45, 2.75) is 12.5 Å². The zero-order valence-corrected chi connectivity index (χ0v) is 20.9. The Kier molecular flexibility index (Phi) is 6.11. The van der Waals surface area contributed by atoms with Crippen molar-refractivity contribution in [3.05, 3.63) is 69.5 Å². The number of hydrogen-bond donors (Lipinski definition) is 0. The molecule has 180 valence electrons. The second kappa shape index (κ2) is 9.10. The summed E-state index contributed by atoms with van der Waals surface area (Å²) in [7, 11) is -1.66. The Morgan fingerprint density at radius 2 is 1.89 bits per heavy atom. The lowest BCUT2D eigenvalue weighted by Crippen LogP contribution is -2.39. The Balaban J connectivity index is 1.56. The van der Waals surface area contributed by atoms with Crippen molar-refractivity contribution in [2.24, 2.45) is 0 Å². The van der Waals surface area contributed by atoms with E-state index in [1.165, 1.54) is 15.4 Å². The average Bonchev–Trinajstić information content (AvgIpc) is 3.33. The fourth-order valence-electron chi connectivity index (χ4n) is 3.94. The highest BCUT2D eigenvalue weighted by atomic mass is 32.2. The van der Waals surface area contributed by atoms with Gasteiger partial charge in [0.2, 0.25) is 5.88 Å². The van der Waals surface area contributed by atoms with Crippen LogP contribution in [0.5, 0.6) is 17.4 Å². The van der Waals surface area contributed by atoms with Gasteiger partial charge in [-0.15, -0.1) is 0 Å². The van der Waals surface area contributed by atoms with Gasteiger partial charge in [-0.25, -0.2) is 8.42 Å². The van der Waals surface area contributed by atoms with E-state index in [9.17, 15) is 18.0 Å². The third-order valence-electron chi connectivity index (χ3n) is 5.68. The first-order valence-corrected chi connectivity index (χ1v) is 13.6. The molecular weight excluding hydrogens is 510 g/mol. The predicted molar refractivity (Wildman–Crippen MR) is 137 cm³/mol. The van der Waals surface area contributed by atoms with Crippen LogP contribution < -0.4 is 15.0 Å². The number of aromatic nitrogens is 2. The number of nitrogens with zero attached hydrogens (tertiary/aromatic N) is 3. The van der Waals surface area contributed by atoms with E-state index in [-0.39, 0.29) is 32.2 Å². The number of benzene rings is 1. The highest BCUT2D eigenvalue weighted by Gasteiger charge is 2.42. The molecule has 35 heavy (non-hydrogen) atoms. The third-order valence-corrected chi connectivity index (χ3v) is 8.76. The molecule has 2 aliphatic rings. The minimum atomic E-state index is -3.21. The van der Waals surface area contributed by atoms with Crippen molar-refractivity contribution in [1.29, 1.82) is 0 Å². The number of carbonyl (C=O) groups is 1. The quantitative estimate of drug-likeness (QED) is 0.364. The number of carbonyl (C=O) groups excluding carboxylic acids is 1. The van der Waals surface area contributed by atoms with Gasteiger partial charge in [-0.3, -0.25) is 18.9 Å². The van der Waals surface area contributed by atoms with Gasteiger partial charge in [0.25, 0.3) is 11.5 Å². The van der Waals surface area contributed by atoms with Crippen molar-refractivity contribution >= 4 is 55.8 Å². The van der Waals surface area contributed by atoms with Crippen molar-refractivity contribution < 1.29 is 22.7 Å². The Hall–Kier alpha value is -3.22. The lowest BCUT2D eigenvalue weighted by molar-refractivity contribution is -0.123. The largest absolute Gasteiger partial charge is 0.497 e. The first-order valence-electron chi connectivity index (χ1n) is 10.6. The molecule has 1 unspecified atom stereocenters. The number of thiocarbonyl (C=S) groups is 1. The monoisotopic (exact) mass is 529 g/mol. The number of amides is 1. The Morgan fingerprint density at radius 1 is 1.14 bits per heavy atom. The number of fused-ring (bicyclic) bond motifs is 1. The van der Waals surface area contributed by atoms with Crippen molar-refractivity contribution in [2.75, 3.05) is 18.6 Å². The number of sulfone groups is 1. The second-order valence-corrected chi connectivity index (χ2v) is 11.9. The van der Waals surface area contributed by atoms with Gasteiger partial charge in [-0.1, -0.05) is 30.0 Å². The molecule has 9 nitrogen and oxygen atoms in total. The SMILES string of the molecule is COc1ccc(Oc2nc3ccccn3c(=O)c2C=C2SC(=S)N(C3CCS(=O)(=O)C3)C2=O)cc1. The van der Waals surface area contributed by atoms with Crippen LogP contribution in [0, 0.1) is 0 Å². The van der Waals surface area contributed by atoms with E-state index in [1.807, 2.05) is 0 Å². The topological polar surface area (TPSA) is 107 Å². The maximum Gasteiger partial charge on any atom is 0.269 e. The van der Waals surface area contributed by atoms with E-state index in [2.05, 4.69) is 4.98 Å². The molecule has 5 rings (SSSR count). The van der Waals surface area contributed by atoms with Gasteiger partial charge in [0.05, 0.1) is 29.6 Å². The number of methoxy groups -OCH3 is 1. The van der Waals surface area contributed by atoms with Crippen LogP contribution in [0.15, 0.2) is 58.4 Å². The van der Waals surface area contributed by atoms with Gasteiger partial charge in [0.1, 0.15) is 27.0 Å². The van der Waals surface area contributed by atoms with Gasteiger partial charge in [0, 0.05) is 6.20 Å². The van der Waals surface area contributed by atoms with Crippen LogP contribution in [0.4, 0.5) is 0 Å². The zero-order chi connectivity index (χ0) is 24.7. The molecular formula is C23H19N3O6S3. The van der Waals surface area contributed by atoms with Crippen LogP contribution in [-0.2, 0) is 14.6 Å². The van der Waals surface area contributed by atoms with Crippen LogP contribution in [0.3, 0.4) is 0 Å². The molecule has 0 bridgehead atoms. The summed E-state index contributed by atoms with van der Waals surface area (Å²) in [6.07, 6.45) is 3.32. The molecule has 1 amide bonds. The molecule has 2 saturated heterocycles. The standard InChI is InChI=1S/C23H19N3O6S3/c1-31-15-5-7-16(8-6-15)32-20-17(21(27)25-10-3-2-4-19(25)24-20)12-18-22(28)26(23(33)34-18)14-9-11-35(29,30)13-14/h2-8,10,12,14H,9,11,13H2,1H3. The number of rotatable bonds is 5. The average molecular weight is 530 g/mol. The third kappa shape index (κ3) is 4.56. The Labute approximate surface area is 210 Å². The first-order chi connectivity index (χ1) is 16.8. The van der Waals surface area contributed by atoms with E-state index >= 15 is 0 Å². The van der Waals surface area contributed by atoms with E-state index in [4.69, 9.17) is 21.7 Å². The highest BCUT2D eigenvalue weighted by molar-refractivity contribution is 8.26. The van der Waals surface area contributed by atoms with Gasteiger partial charge in [-0.2, -0.15) is 4.98 Å². The number of thioether (sulfide) groups is 1. The van der Waals surface area contributed by atoms with Crippen LogP contribution in [0.25, 0.3) is 11.7 Å². The molecule has 12 heteroatoms. The minimum absolute atomic E-state index is 0.0174. The fraction of sp³-hybridized carbons (Fsp3) is 0.217. The second-order valence-electron chi connectivity index (χ2n) is 7.95. The smallest absolute Gasteiger partial charge is 0.269 e. The molecule has 4 heterocycles. The number of ether oxygens (including phenoxy) is 2. The summed E-state index contributed by atoms with van der Waals surface area (Å²) in [5, 5.41) is 0. The maximum atomic E-state index is 13.4. The van der Waals surface area contributed by atoms with Crippen LogP contribution in [-0.4, -0.2) is 57.6 Å². The van der Waals surface area contributed by atoms with E-state index < -0.39 is 27.3 Å². The fourth-order valence-corrected chi connectivity index (χ4v) is 7.03. The summed E-state index contributed by atoms with van der Waals surface area (Å²) in [6.45, 7) is 0. The molecule has 0 spiro atoms. The van der Waals surface area contributed by atoms with Gasteiger partial charge in [-0.05, 0) is 48.9 Å². The summed E-state index contributed by atoms with van der Waals surface area (Å²) in [5.41, 5.74) is 0.0266. The van der Waals surface area contributed by atoms with Gasteiger partial charge < -0.3 is 9.47 Å². The Morgan fingerprint density at radius 3 is 2.57 bits per heavy atom. The molecule has 1 atom stereocenters. The number of pyridine rings is 1. The van der Waals surface area contributed by atoms with Crippen LogP contribution >= 0.6 is 24.0 Å². The normalized spacial score (nSPS) is 20.7. The first kappa shape index (κ1) is 23.5. The minimum Gasteiger partial charge on any atom is -0.497 e. The van der Waals surface area contributed by atoms with Crippen LogP contribution in [0.2, 0.25) is 0 Å². The van der Waals surface area contributed by atoms with Crippen molar-refractivity contribution in [1.82, 2.24) is 14.3 Å². The van der Waals surface area contributed by atoms with Crippen molar-refractivity contribution in [3.63, 3.8) is 0 Å². The lowest BCUT2D eigenvalue weighted by atomic mass is 10.2. The summed E-state index contributed by atoms with van der Waals surface area (Å²) >= 11 is 6.41. The summed E-state index contributed by atoms with van der Waals surface area (Å²) in [4.78, 5) is 32.6. The predicted octanol–water partition coefficient (Wildman–Crippen LogP) is 2.88. The molecule has 2 aliphatic heterocycles. The highest BCUT2D eigenvalue weighted by Crippen LogP contribution is 2.37. The van der Waals surface area contributed by atoms with Gasteiger partial charge >= 0.3 is 0 Å². The maximum absolute atomic E-state index is 13.4. The molecule has 0 N–H and O–H groups in total. The summed E-state index contributed by atoms with van der Waals surface area (Å²) < 4.78 is 36.6. The summed E-state index contributed by atoms with van der Waals surface area (Å²) in [5.74, 6) is 0.552. The summed E-state index contributed by atoms with van der Waals surface area (Å²) in [6, 6.07) is 11.4. The zero-order valence-electron chi connectivity index (χ0n) is 18.4.